The van der Waals surface area contributed by atoms with Gasteiger partial charge in [0.1, 0.15) is 0 Å². The van der Waals surface area contributed by atoms with Crippen LogP contribution in [0.3, 0.4) is 0 Å². The quantitative estimate of drug-likeness (QED) is 0.231. The number of carbonyl (C=O) groups excluding carboxylic acids is 2. The molecule has 3 nitrogen and oxygen atoms in total. The number of hydrogen-bond acceptors (Lipinski definition) is 3. The van der Waals surface area contributed by atoms with Crippen LogP contribution < -0.4 is 0 Å². The second-order valence-electron chi connectivity index (χ2n) is 5.69. The summed E-state index contributed by atoms with van der Waals surface area (Å²) in [6, 6.07) is 0. The monoisotopic (exact) mass is 318 g/mol. The molecule has 0 amide bonds. The zero-order valence-electron chi connectivity index (χ0n) is 13.5. The second-order valence-corrected chi connectivity index (χ2v) is 6.11. The maximum Gasteiger partial charge on any atom is 0.302 e. The first-order valence-electron chi connectivity index (χ1n) is 8.44. The lowest BCUT2D eigenvalue weighted by Crippen LogP contribution is -2.00. The van der Waals surface area contributed by atoms with Crippen LogP contribution in [-0.2, 0) is 14.3 Å². The molecule has 0 spiro atoms. The Morgan fingerprint density at radius 1 is 0.714 bits per heavy atom. The van der Waals surface area contributed by atoms with Crippen LogP contribution in [0.2, 0.25) is 0 Å². The Morgan fingerprint density at radius 2 is 1.10 bits per heavy atom. The van der Waals surface area contributed by atoms with Gasteiger partial charge in [-0.05, 0) is 24.4 Å². The number of carbonyl (C=O) groups is 2. The summed E-state index contributed by atoms with van der Waals surface area (Å²) in [6.07, 6.45) is 15.0. The highest BCUT2D eigenvalue weighted by Gasteiger charge is 1.97. The summed E-state index contributed by atoms with van der Waals surface area (Å²) in [5.41, 5.74) is 0. The van der Waals surface area contributed by atoms with Crippen LogP contribution >= 0.6 is 11.6 Å². The van der Waals surface area contributed by atoms with E-state index in [2.05, 4.69) is 0 Å². The third-order valence-electron chi connectivity index (χ3n) is 3.57. The number of ether oxygens (including phenoxy) is 1. The Bertz CT molecular complexity index is 241. The van der Waals surface area contributed by atoms with Gasteiger partial charge in [-0.25, -0.2) is 0 Å². The van der Waals surface area contributed by atoms with Crippen molar-refractivity contribution >= 4 is 22.8 Å². The lowest BCUT2D eigenvalue weighted by atomic mass is 10.0. The fourth-order valence-corrected chi connectivity index (χ4v) is 2.48. The van der Waals surface area contributed by atoms with Gasteiger partial charge in [0.2, 0.25) is 5.24 Å². The van der Waals surface area contributed by atoms with Crippen LogP contribution in [0.4, 0.5) is 0 Å². The molecular weight excluding hydrogens is 288 g/mol. The van der Waals surface area contributed by atoms with E-state index in [1.54, 1.807) is 0 Å². The molecule has 124 valence electrons. The summed E-state index contributed by atoms with van der Waals surface area (Å²) in [7, 11) is 0. The van der Waals surface area contributed by atoms with Gasteiger partial charge < -0.3 is 4.74 Å². The number of rotatable bonds is 15. The summed E-state index contributed by atoms with van der Waals surface area (Å²) >= 11 is 5.28. The van der Waals surface area contributed by atoms with Gasteiger partial charge in [0.15, 0.2) is 0 Å². The first kappa shape index (κ1) is 20.4. The third-order valence-corrected chi connectivity index (χ3v) is 3.76. The maximum absolute atomic E-state index is 10.5. The average Bonchev–Trinajstić information content (AvgIpc) is 2.42. The van der Waals surface area contributed by atoms with Crippen LogP contribution in [0, 0.1) is 0 Å². The fourth-order valence-electron chi connectivity index (χ4n) is 2.35. The highest BCUT2D eigenvalue weighted by atomic mass is 35.5. The molecule has 0 aliphatic heterocycles. The van der Waals surface area contributed by atoms with Crippen molar-refractivity contribution in [1.82, 2.24) is 0 Å². The van der Waals surface area contributed by atoms with Gasteiger partial charge in [-0.15, -0.1) is 0 Å². The molecule has 0 radical (unpaired) electrons. The topological polar surface area (TPSA) is 43.4 Å². The van der Waals surface area contributed by atoms with E-state index in [1.165, 1.54) is 58.3 Å². The zero-order valence-corrected chi connectivity index (χ0v) is 14.3. The van der Waals surface area contributed by atoms with E-state index >= 15 is 0 Å². The molecule has 0 aromatic heterocycles. The molecule has 4 heteroatoms. The van der Waals surface area contributed by atoms with Crippen LogP contribution in [0.15, 0.2) is 0 Å². The normalized spacial score (nSPS) is 10.6. The van der Waals surface area contributed by atoms with Crippen molar-refractivity contribution in [3.8, 4) is 0 Å². The first-order valence-corrected chi connectivity index (χ1v) is 8.82. The van der Waals surface area contributed by atoms with Gasteiger partial charge in [-0.1, -0.05) is 64.2 Å². The molecule has 0 unspecified atom stereocenters. The summed E-state index contributed by atoms with van der Waals surface area (Å²) in [6.45, 7) is 2.03. The summed E-state index contributed by atoms with van der Waals surface area (Å²) in [5, 5.41) is -0.206. The van der Waals surface area contributed by atoms with Gasteiger partial charge in [-0.2, -0.15) is 0 Å². The molecule has 0 aromatic carbocycles. The molecule has 0 heterocycles. The maximum atomic E-state index is 10.5. The lowest BCUT2D eigenvalue weighted by molar-refractivity contribution is -0.141. The lowest BCUT2D eigenvalue weighted by Gasteiger charge is -2.03. The van der Waals surface area contributed by atoms with E-state index < -0.39 is 0 Å². The van der Waals surface area contributed by atoms with Crippen molar-refractivity contribution < 1.29 is 14.3 Å². The van der Waals surface area contributed by atoms with E-state index in [4.69, 9.17) is 16.3 Å². The Kier molecular flexibility index (Phi) is 15.4. The molecule has 21 heavy (non-hydrogen) atoms. The van der Waals surface area contributed by atoms with E-state index in [0.29, 0.717) is 13.0 Å². The van der Waals surface area contributed by atoms with Gasteiger partial charge in [0.05, 0.1) is 6.61 Å². The second kappa shape index (κ2) is 15.8. The highest BCUT2D eigenvalue weighted by molar-refractivity contribution is 6.63. The zero-order chi connectivity index (χ0) is 15.8. The van der Waals surface area contributed by atoms with Gasteiger partial charge >= 0.3 is 5.97 Å². The molecular formula is C17H31ClO3. The van der Waals surface area contributed by atoms with Crippen LogP contribution in [-0.4, -0.2) is 17.8 Å². The van der Waals surface area contributed by atoms with E-state index in [0.717, 1.165) is 25.7 Å². The van der Waals surface area contributed by atoms with Crippen molar-refractivity contribution in [1.29, 1.82) is 0 Å². The first-order chi connectivity index (χ1) is 10.1. The van der Waals surface area contributed by atoms with Crippen molar-refractivity contribution in [2.75, 3.05) is 6.61 Å². The Labute approximate surface area is 134 Å². The van der Waals surface area contributed by atoms with E-state index in [9.17, 15) is 9.59 Å². The van der Waals surface area contributed by atoms with Crippen LogP contribution in [0.5, 0.6) is 0 Å². The molecule has 0 N–H and O–H groups in total. The van der Waals surface area contributed by atoms with Crippen LogP contribution in [0.1, 0.15) is 90.4 Å². The summed E-state index contributed by atoms with van der Waals surface area (Å²) in [5.74, 6) is -0.177. The third kappa shape index (κ3) is 19.4. The number of unbranched alkanes of at least 4 members (excludes halogenated alkanes) is 11. The largest absolute Gasteiger partial charge is 0.466 e. The van der Waals surface area contributed by atoms with Gasteiger partial charge in [0, 0.05) is 13.3 Å². The fraction of sp³-hybridized carbons (Fsp3) is 0.882. The Balaban J connectivity index is 2.99. The van der Waals surface area contributed by atoms with E-state index in [1.807, 2.05) is 0 Å². The molecule has 0 saturated carbocycles. The molecule has 0 bridgehead atoms. The smallest absolute Gasteiger partial charge is 0.302 e. The molecule has 0 aromatic rings. The molecule has 0 rings (SSSR count). The van der Waals surface area contributed by atoms with Crippen molar-refractivity contribution in [3.63, 3.8) is 0 Å². The number of halogens is 1. The van der Waals surface area contributed by atoms with Crippen molar-refractivity contribution in [3.05, 3.63) is 0 Å². The van der Waals surface area contributed by atoms with Crippen LogP contribution in [0.25, 0.3) is 0 Å². The van der Waals surface area contributed by atoms with E-state index in [-0.39, 0.29) is 11.2 Å². The number of esters is 1. The molecule has 0 fully saturated rings. The minimum absolute atomic E-state index is 0.177. The predicted octanol–water partition coefficient (Wildman–Crippen LogP) is 5.39. The Hall–Kier alpha value is -0.570. The molecule has 0 atom stereocenters. The Morgan fingerprint density at radius 3 is 1.48 bits per heavy atom. The number of hydrogen-bond donors (Lipinski definition) is 0. The summed E-state index contributed by atoms with van der Waals surface area (Å²) < 4.78 is 4.89. The van der Waals surface area contributed by atoms with Crippen molar-refractivity contribution in [2.45, 2.75) is 90.4 Å². The summed E-state index contributed by atoms with van der Waals surface area (Å²) in [4.78, 5) is 21.1. The molecule has 0 aliphatic carbocycles. The minimum atomic E-state index is -0.206. The SMILES string of the molecule is CC(=O)OCCCCCCCCCCCCCCC(=O)Cl. The van der Waals surface area contributed by atoms with Crippen molar-refractivity contribution in [2.24, 2.45) is 0 Å². The average molecular weight is 319 g/mol. The molecule has 0 saturated heterocycles. The predicted molar refractivity (Wildman–Crippen MR) is 87.5 cm³/mol. The molecule has 0 aliphatic rings. The van der Waals surface area contributed by atoms with Gasteiger partial charge in [0.25, 0.3) is 0 Å². The highest BCUT2D eigenvalue weighted by Crippen LogP contribution is 2.12. The standard InChI is InChI=1S/C17H31ClO3/c1-16(19)21-15-13-11-9-7-5-3-2-4-6-8-10-12-14-17(18)20/h2-15H2,1H3. The minimum Gasteiger partial charge on any atom is -0.466 e. The van der Waals surface area contributed by atoms with Gasteiger partial charge in [-0.3, -0.25) is 9.59 Å².